The highest BCUT2D eigenvalue weighted by atomic mass is 35.5. The number of likely N-dealkylation sites (tertiary alicyclic amines) is 1. The van der Waals surface area contributed by atoms with Crippen molar-refractivity contribution < 1.29 is 0 Å². The Hall–Kier alpha value is -0.770. The van der Waals surface area contributed by atoms with Crippen molar-refractivity contribution in [3.05, 3.63) is 29.0 Å². The molecule has 1 saturated heterocycles. The second-order valence-corrected chi connectivity index (χ2v) is 6.51. The van der Waals surface area contributed by atoms with E-state index in [4.69, 9.17) is 23.2 Å². The van der Waals surface area contributed by atoms with Crippen LogP contribution >= 0.6 is 23.2 Å². The van der Waals surface area contributed by atoms with E-state index in [0.717, 1.165) is 35.0 Å². The minimum Gasteiger partial charge on any atom is -0.325 e. The molecule has 0 amide bonds. The highest BCUT2D eigenvalue weighted by Crippen LogP contribution is 2.26. The zero-order chi connectivity index (χ0) is 14.1. The fourth-order valence-corrected chi connectivity index (χ4v) is 3.23. The van der Waals surface area contributed by atoms with Crippen molar-refractivity contribution in [3.8, 4) is 0 Å². The molecule has 1 fully saturated rings. The molecule has 3 nitrogen and oxygen atoms in total. The predicted molar refractivity (Wildman–Crippen MR) is 84.7 cm³/mol. The molecule has 1 aromatic carbocycles. The number of hydrogen-bond acceptors (Lipinski definition) is 2. The number of imidazole rings is 1. The Bertz CT molecular complexity index is 600. The lowest BCUT2D eigenvalue weighted by Crippen LogP contribution is -2.24. The molecule has 2 heterocycles. The summed E-state index contributed by atoms with van der Waals surface area (Å²) in [6, 6.07) is 5.83. The van der Waals surface area contributed by atoms with Crippen LogP contribution < -0.4 is 0 Å². The van der Waals surface area contributed by atoms with Crippen LogP contribution in [-0.2, 0) is 6.54 Å². The van der Waals surface area contributed by atoms with Gasteiger partial charge in [0.15, 0.2) is 0 Å². The van der Waals surface area contributed by atoms with Gasteiger partial charge in [0.25, 0.3) is 0 Å². The average Bonchev–Trinajstić information content (AvgIpc) is 3.03. The third kappa shape index (κ3) is 2.80. The normalized spacial score (nSPS) is 17.9. The van der Waals surface area contributed by atoms with Gasteiger partial charge < -0.3 is 9.47 Å². The molecular weight excluding hydrogens is 293 g/mol. The first kappa shape index (κ1) is 14.2. The van der Waals surface area contributed by atoms with Gasteiger partial charge >= 0.3 is 0 Å². The summed E-state index contributed by atoms with van der Waals surface area (Å²) in [4.78, 5) is 7.15. The van der Waals surface area contributed by atoms with Crippen molar-refractivity contribution in [2.45, 2.75) is 31.7 Å². The van der Waals surface area contributed by atoms with Gasteiger partial charge in [0.2, 0.25) is 0 Å². The summed E-state index contributed by atoms with van der Waals surface area (Å²) in [5, 5.41) is 0.647. The van der Waals surface area contributed by atoms with Crippen LogP contribution in [0.5, 0.6) is 0 Å². The summed E-state index contributed by atoms with van der Waals surface area (Å²) in [6.45, 7) is 6.35. The lowest BCUT2D eigenvalue weighted by Gasteiger charge is -2.17. The highest BCUT2D eigenvalue weighted by molar-refractivity contribution is 6.31. The molecule has 5 heteroatoms. The zero-order valence-electron chi connectivity index (χ0n) is 11.6. The fraction of sp³-hybridized carbons (Fsp3) is 0.533. The smallest absolute Gasteiger partial charge is 0.127 e. The molecule has 1 aliphatic rings. The van der Waals surface area contributed by atoms with Gasteiger partial charge in [-0.1, -0.05) is 11.6 Å². The number of hydrogen-bond donors (Lipinski definition) is 0. The highest BCUT2D eigenvalue weighted by Gasteiger charge is 2.17. The largest absolute Gasteiger partial charge is 0.325 e. The Kier molecular flexibility index (Phi) is 4.20. The Morgan fingerprint density at radius 2 is 2.00 bits per heavy atom. The van der Waals surface area contributed by atoms with Crippen molar-refractivity contribution in [2.75, 3.05) is 19.6 Å². The van der Waals surface area contributed by atoms with Crippen LogP contribution in [0.25, 0.3) is 11.0 Å². The van der Waals surface area contributed by atoms with Gasteiger partial charge in [-0.2, -0.15) is 0 Å². The van der Waals surface area contributed by atoms with Crippen LogP contribution in [-0.4, -0.2) is 34.1 Å². The maximum absolute atomic E-state index is 6.29. The van der Waals surface area contributed by atoms with Crippen molar-refractivity contribution in [2.24, 2.45) is 0 Å². The minimum atomic E-state index is -0.0975. The second-order valence-electron chi connectivity index (χ2n) is 5.42. The Morgan fingerprint density at radius 1 is 1.25 bits per heavy atom. The molecule has 3 rings (SSSR count). The van der Waals surface area contributed by atoms with E-state index < -0.39 is 0 Å². The summed E-state index contributed by atoms with van der Waals surface area (Å²) in [7, 11) is 0. The number of fused-ring (bicyclic) bond motifs is 1. The summed E-state index contributed by atoms with van der Waals surface area (Å²) in [5.74, 6) is 0.933. The SMILES string of the molecule is CC(Cl)c1nc2ccc(Cl)cc2n1CCN1CCCC1. The van der Waals surface area contributed by atoms with Crippen molar-refractivity contribution in [1.82, 2.24) is 14.5 Å². The van der Waals surface area contributed by atoms with Crippen LogP contribution in [0, 0.1) is 0 Å². The third-order valence-corrected chi connectivity index (χ3v) is 4.36. The molecule has 1 atom stereocenters. The number of benzene rings is 1. The van der Waals surface area contributed by atoms with Gasteiger partial charge in [-0.15, -0.1) is 11.6 Å². The van der Waals surface area contributed by atoms with Gasteiger partial charge in [-0.25, -0.2) is 4.98 Å². The lowest BCUT2D eigenvalue weighted by atomic mass is 10.3. The topological polar surface area (TPSA) is 21.1 Å². The molecule has 1 unspecified atom stereocenters. The molecule has 0 N–H and O–H groups in total. The Labute approximate surface area is 129 Å². The minimum absolute atomic E-state index is 0.0975. The maximum atomic E-state index is 6.29. The van der Waals surface area contributed by atoms with Gasteiger partial charge in [0.1, 0.15) is 5.82 Å². The molecule has 0 radical (unpaired) electrons. The van der Waals surface area contributed by atoms with Crippen LogP contribution in [0.2, 0.25) is 5.02 Å². The molecule has 108 valence electrons. The first-order valence-electron chi connectivity index (χ1n) is 7.17. The summed E-state index contributed by atoms with van der Waals surface area (Å²) in [5.41, 5.74) is 2.05. The molecule has 0 bridgehead atoms. The summed E-state index contributed by atoms with van der Waals surface area (Å²) in [6.07, 6.45) is 2.63. The van der Waals surface area contributed by atoms with E-state index in [1.54, 1.807) is 0 Å². The number of rotatable bonds is 4. The van der Waals surface area contributed by atoms with Gasteiger partial charge in [0, 0.05) is 18.1 Å². The molecule has 2 aromatic rings. The van der Waals surface area contributed by atoms with Gasteiger partial charge in [-0.3, -0.25) is 0 Å². The molecule has 1 aromatic heterocycles. The number of halogens is 2. The standard InChI is InChI=1S/C15H19Cl2N3/c1-11(16)15-18-13-5-4-12(17)10-14(13)20(15)9-8-19-6-2-3-7-19/h4-5,10-11H,2-3,6-9H2,1H3. The van der Waals surface area contributed by atoms with E-state index in [-0.39, 0.29) is 5.38 Å². The molecular formula is C15H19Cl2N3. The van der Waals surface area contributed by atoms with Crippen molar-refractivity contribution in [1.29, 1.82) is 0 Å². The molecule has 0 aliphatic carbocycles. The third-order valence-electron chi connectivity index (χ3n) is 3.93. The predicted octanol–water partition coefficient (Wildman–Crippen LogP) is 4.09. The average molecular weight is 312 g/mol. The summed E-state index contributed by atoms with van der Waals surface area (Å²) >= 11 is 12.4. The van der Waals surface area contributed by atoms with Crippen LogP contribution in [0.3, 0.4) is 0 Å². The van der Waals surface area contributed by atoms with Crippen LogP contribution in [0.1, 0.15) is 31.0 Å². The van der Waals surface area contributed by atoms with E-state index in [1.165, 1.54) is 25.9 Å². The van der Waals surface area contributed by atoms with E-state index in [9.17, 15) is 0 Å². The quantitative estimate of drug-likeness (QED) is 0.793. The second kappa shape index (κ2) is 5.92. The lowest BCUT2D eigenvalue weighted by molar-refractivity contribution is 0.322. The van der Waals surface area contributed by atoms with Crippen LogP contribution in [0.4, 0.5) is 0 Å². The number of nitrogens with zero attached hydrogens (tertiary/aromatic N) is 3. The first-order valence-corrected chi connectivity index (χ1v) is 7.98. The van der Waals surface area contributed by atoms with E-state index >= 15 is 0 Å². The Morgan fingerprint density at radius 3 is 2.70 bits per heavy atom. The first-order chi connectivity index (χ1) is 9.65. The molecule has 1 aliphatic heterocycles. The number of aromatic nitrogens is 2. The van der Waals surface area contributed by atoms with E-state index in [2.05, 4.69) is 14.5 Å². The number of alkyl halides is 1. The molecule has 0 spiro atoms. The summed E-state index contributed by atoms with van der Waals surface area (Å²) < 4.78 is 2.22. The monoisotopic (exact) mass is 311 g/mol. The van der Waals surface area contributed by atoms with Gasteiger partial charge in [-0.05, 0) is 51.1 Å². The Balaban J connectivity index is 1.92. The van der Waals surface area contributed by atoms with E-state index in [1.807, 2.05) is 25.1 Å². The maximum Gasteiger partial charge on any atom is 0.127 e. The van der Waals surface area contributed by atoms with E-state index in [0.29, 0.717) is 0 Å². The molecule has 0 saturated carbocycles. The van der Waals surface area contributed by atoms with Crippen LogP contribution in [0.15, 0.2) is 18.2 Å². The van der Waals surface area contributed by atoms with Gasteiger partial charge in [0.05, 0.1) is 16.4 Å². The molecule has 20 heavy (non-hydrogen) atoms. The van der Waals surface area contributed by atoms with Crippen molar-refractivity contribution >= 4 is 34.2 Å². The van der Waals surface area contributed by atoms with Crippen molar-refractivity contribution in [3.63, 3.8) is 0 Å². The fourth-order valence-electron chi connectivity index (χ4n) is 2.90. The zero-order valence-corrected chi connectivity index (χ0v) is 13.2.